The molecule has 1 N–H and O–H groups in total. The van der Waals surface area contributed by atoms with Gasteiger partial charge in [0.1, 0.15) is 0 Å². The van der Waals surface area contributed by atoms with Gasteiger partial charge in [0.05, 0.1) is 13.2 Å². The summed E-state index contributed by atoms with van der Waals surface area (Å²) in [6.07, 6.45) is 48.3. The number of aliphatic hydroxyl groups excluding tert-OH is 1. The lowest BCUT2D eigenvalue weighted by molar-refractivity contribution is 0.213. The molecule has 0 amide bonds. The maximum absolute atomic E-state index is 9.23. The third-order valence-electron chi connectivity index (χ3n) is 8.89. The Morgan fingerprint density at radius 1 is 0.341 bits per heavy atom. The molecular formula is C38H79O2P. The zero-order valence-electron chi connectivity index (χ0n) is 28.8. The minimum Gasteiger partial charge on any atom is -0.394 e. The van der Waals surface area contributed by atoms with Crippen molar-refractivity contribution in [1.82, 2.24) is 0 Å². The normalized spacial score (nSPS) is 11.7. The quantitative estimate of drug-likeness (QED) is 0.0569. The summed E-state index contributed by atoms with van der Waals surface area (Å²) < 4.78 is 6.05. The van der Waals surface area contributed by atoms with E-state index in [1.165, 1.54) is 218 Å². The second kappa shape index (κ2) is 38.4. The number of hydrogen-bond donors (Lipinski definition) is 1. The van der Waals surface area contributed by atoms with Crippen molar-refractivity contribution in [3.8, 4) is 0 Å². The van der Waals surface area contributed by atoms with Gasteiger partial charge in [-0.1, -0.05) is 206 Å². The molecule has 0 aromatic carbocycles. The topological polar surface area (TPSA) is 29.5 Å². The van der Waals surface area contributed by atoms with Crippen molar-refractivity contribution in [2.75, 3.05) is 25.5 Å². The standard InChI is InChI=1S/C38H79O2P/c1-3-5-7-9-11-13-15-17-19-21-23-25-27-29-31-33-37-41(40-36-35-39)38-34-32-30-28-26-24-22-20-18-16-14-12-10-8-6-4-2/h39H,3-38H2,1-2H3. The average molecular weight is 599 g/mol. The summed E-state index contributed by atoms with van der Waals surface area (Å²) in [6, 6.07) is 0. The highest BCUT2D eigenvalue weighted by atomic mass is 31.1. The molecule has 0 saturated carbocycles. The maximum Gasteiger partial charge on any atom is 0.0740 e. The fourth-order valence-corrected chi connectivity index (χ4v) is 8.06. The Kier molecular flexibility index (Phi) is 38.7. The van der Waals surface area contributed by atoms with Crippen molar-refractivity contribution < 1.29 is 9.63 Å². The first-order chi connectivity index (χ1) is 20.3. The molecule has 41 heavy (non-hydrogen) atoms. The molecule has 2 nitrogen and oxygen atoms in total. The molecule has 0 atom stereocenters. The van der Waals surface area contributed by atoms with Gasteiger partial charge < -0.3 is 9.63 Å². The summed E-state index contributed by atoms with van der Waals surface area (Å²) >= 11 is 0. The van der Waals surface area contributed by atoms with Crippen LogP contribution < -0.4 is 0 Å². The van der Waals surface area contributed by atoms with E-state index in [1.54, 1.807) is 0 Å². The number of rotatable bonds is 37. The molecule has 0 aliphatic rings. The molecule has 0 rings (SSSR count). The molecular weight excluding hydrogens is 519 g/mol. The van der Waals surface area contributed by atoms with Crippen LogP contribution in [0.2, 0.25) is 0 Å². The van der Waals surface area contributed by atoms with Crippen molar-refractivity contribution in [3.63, 3.8) is 0 Å². The molecule has 0 radical (unpaired) electrons. The van der Waals surface area contributed by atoms with Crippen molar-refractivity contribution in [3.05, 3.63) is 0 Å². The first kappa shape index (κ1) is 41.4. The van der Waals surface area contributed by atoms with Crippen LogP contribution in [-0.2, 0) is 4.52 Å². The molecule has 0 heterocycles. The molecule has 0 aliphatic carbocycles. The predicted octanol–water partition coefficient (Wildman–Crippen LogP) is 13.9. The Labute approximate surface area is 262 Å². The van der Waals surface area contributed by atoms with Gasteiger partial charge in [-0.2, -0.15) is 0 Å². The van der Waals surface area contributed by atoms with Gasteiger partial charge in [-0.25, -0.2) is 0 Å². The van der Waals surface area contributed by atoms with Crippen LogP contribution in [0.15, 0.2) is 0 Å². The Bertz CT molecular complexity index is 408. The van der Waals surface area contributed by atoms with E-state index in [0.717, 1.165) is 0 Å². The number of unbranched alkanes of at least 4 members (excludes halogenated alkanes) is 30. The van der Waals surface area contributed by atoms with Gasteiger partial charge in [0, 0.05) is 8.15 Å². The fraction of sp³-hybridized carbons (Fsp3) is 1.00. The van der Waals surface area contributed by atoms with Crippen LogP contribution in [0.5, 0.6) is 0 Å². The second-order valence-electron chi connectivity index (χ2n) is 13.1. The van der Waals surface area contributed by atoms with Gasteiger partial charge in [0.25, 0.3) is 0 Å². The van der Waals surface area contributed by atoms with E-state index in [-0.39, 0.29) is 14.8 Å². The molecule has 0 bridgehead atoms. The van der Waals surface area contributed by atoms with Crippen LogP contribution in [0, 0.1) is 0 Å². The first-order valence-electron chi connectivity index (χ1n) is 19.3. The van der Waals surface area contributed by atoms with E-state index < -0.39 is 0 Å². The van der Waals surface area contributed by atoms with E-state index in [2.05, 4.69) is 13.8 Å². The van der Waals surface area contributed by atoms with Crippen molar-refractivity contribution >= 4 is 8.15 Å². The first-order valence-corrected chi connectivity index (χ1v) is 21.0. The molecule has 248 valence electrons. The van der Waals surface area contributed by atoms with E-state index in [4.69, 9.17) is 4.52 Å². The molecule has 0 spiro atoms. The minimum absolute atomic E-state index is 0.177. The van der Waals surface area contributed by atoms with E-state index in [0.29, 0.717) is 6.61 Å². The van der Waals surface area contributed by atoms with E-state index in [9.17, 15) is 5.11 Å². The van der Waals surface area contributed by atoms with Crippen LogP contribution in [0.1, 0.15) is 219 Å². The van der Waals surface area contributed by atoms with Crippen LogP contribution in [-0.4, -0.2) is 30.6 Å². The average Bonchev–Trinajstić information content (AvgIpc) is 2.98. The third-order valence-corrected chi connectivity index (χ3v) is 11.1. The van der Waals surface area contributed by atoms with Gasteiger partial charge in [-0.3, -0.25) is 0 Å². The van der Waals surface area contributed by atoms with Crippen LogP contribution in [0.25, 0.3) is 0 Å². The highest BCUT2D eigenvalue weighted by Gasteiger charge is 2.09. The summed E-state index contributed by atoms with van der Waals surface area (Å²) in [5.74, 6) is 0. The summed E-state index contributed by atoms with van der Waals surface area (Å²) in [7, 11) is -0.312. The minimum atomic E-state index is -0.312. The summed E-state index contributed by atoms with van der Waals surface area (Å²) in [6.45, 7) is 5.32. The lowest BCUT2D eigenvalue weighted by Gasteiger charge is -2.17. The molecule has 0 aliphatic heterocycles. The van der Waals surface area contributed by atoms with Gasteiger partial charge in [0.15, 0.2) is 0 Å². The largest absolute Gasteiger partial charge is 0.394 e. The third kappa shape index (κ3) is 36.4. The monoisotopic (exact) mass is 599 g/mol. The number of hydrogen-bond acceptors (Lipinski definition) is 2. The summed E-state index contributed by atoms with van der Waals surface area (Å²) in [4.78, 5) is 0. The summed E-state index contributed by atoms with van der Waals surface area (Å²) in [5.41, 5.74) is 0. The predicted molar refractivity (Wildman–Crippen MR) is 189 cm³/mol. The lowest BCUT2D eigenvalue weighted by atomic mass is 10.0. The van der Waals surface area contributed by atoms with Gasteiger partial charge in [0.2, 0.25) is 0 Å². The molecule has 0 fully saturated rings. The van der Waals surface area contributed by atoms with Crippen molar-refractivity contribution in [2.24, 2.45) is 0 Å². The Morgan fingerprint density at radius 2 is 0.561 bits per heavy atom. The van der Waals surface area contributed by atoms with E-state index >= 15 is 0 Å². The Hall–Kier alpha value is 0.350. The van der Waals surface area contributed by atoms with Crippen LogP contribution in [0.4, 0.5) is 0 Å². The Morgan fingerprint density at radius 3 is 0.780 bits per heavy atom. The lowest BCUT2D eigenvalue weighted by Crippen LogP contribution is -2.01. The second-order valence-corrected chi connectivity index (χ2v) is 15.2. The molecule has 3 heteroatoms. The highest BCUT2D eigenvalue weighted by molar-refractivity contribution is 7.52. The van der Waals surface area contributed by atoms with Crippen molar-refractivity contribution in [1.29, 1.82) is 0 Å². The molecule has 0 aromatic heterocycles. The highest BCUT2D eigenvalue weighted by Crippen LogP contribution is 2.39. The van der Waals surface area contributed by atoms with Crippen molar-refractivity contribution in [2.45, 2.75) is 219 Å². The Balaban J connectivity index is 3.44. The van der Waals surface area contributed by atoms with Gasteiger partial charge in [-0.15, -0.1) is 0 Å². The SMILES string of the molecule is CCCCCCCCCCCCCCCCCCP(CCCCCCCCCCCCCCCCCC)OCCO. The fourth-order valence-electron chi connectivity index (χ4n) is 6.08. The van der Waals surface area contributed by atoms with Gasteiger partial charge in [-0.05, 0) is 25.2 Å². The molecule has 0 unspecified atom stereocenters. The molecule has 0 saturated heterocycles. The maximum atomic E-state index is 9.23. The van der Waals surface area contributed by atoms with Gasteiger partial charge >= 0.3 is 0 Å². The zero-order valence-corrected chi connectivity index (χ0v) is 29.7. The number of aliphatic hydroxyl groups is 1. The van der Waals surface area contributed by atoms with Crippen LogP contribution in [0.3, 0.4) is 0 Å². The zero-order chi connectivity index (χ0) is 29.7. The summed E-state index contributed by atoms with van der Waals surface area (Å²) in [5, 5.41) is 9.23. The van der Waals surface area contributed by atoms with Crippen LogP contribution >= 0.6 is 8.15 Å². The molecule has 0 aromatic rings. The smallest absolute Gasteiger partial charge is 0.0740 e. The van der Waals surface area contributed by atoms with E-state index in [1.807, 2.05) is 0 Å².